The van der Waals surface area contributed by atoms with Crippen molar-refractivity contribution >= 4 is 11.3 Å². The van der Waals surface area contributed by atoms with Gasteiger partial charge in [-0.1, -0.05) is 6.92 Å². The third-order valence-corrected chi connectivity index (χ3v) is 2.61. The van der Waals surface area contributed by atoms with E-state index in [1.54, 1.807) is 11.3 Å². The van der Waals surface area contributed by atoms with Gasteiger partial charge >= 0.3 is 0 Å². The predicted octanol–water partition coefficient (Wildman–Crippen LogP) is 1.81. The lowest BCUT2D eigenvalue weighted by Gasteiger charge is -2.05. The normalized spacial score (nSPS) is 13.3. The van der Waals surface area contributed by atoms with Gasteiger partial charge in [-0.3, -0.25) is 4.98 Å². The maximum Gasteiger partial charge on any atom is 0.0794 e. The summed E-state index contributed by atoms with van der Waals surface area (Å²) >= 11 is 1.71. The number of hydrogen-bond donors (Lipinski definition) is 1. The summed E-state index contributed by atoms with van der Waals surface area (Å²) in [6.45, 7) is 2.12. The van der Waals surface area contributed by atoms with Crippen LogP contribution in [0.3, 0.4) is 0 Å². The summed E-state index contributed by atoms with van der Waals surface area (Å²) in [7, 11) is 0. The number of aryl methyl sites for hydroxylation is 1. The molecule has 1 rings (SSSR count). The van der Waals surface area contributed by atoms with Crippen LogP contribution < -0.4 is 5.73 Å². The number of hydrogen-bond acceptors (Lipinski definition) is 3. The average Bonchev–Trinajstić information content (AvgIpc) is 2.52. The average molecular weight is 170 g/mol. The fraction of sp³-hybridized carbons (Fsp3) is 0.625. The van der Waals surface area contributed by atoms with Crippen molar-refractivity contribution in [2.75, 3.05) is 0 Å². The summed E-state index contributed by atoms with van der Waals surface area (Å²) in [4.78, 5) is 5.35. The Morgan fingerprint density at radius 3 is 3.09 bits per heavy atom. The minimum absolute atomic E-state index is 0.358. The lowest BCUT2D eigenvalue weighted by Crippen LogP contribution is -2.18. The molecule has 2 nitrogen and oxygen atoms in total. The van der Waals surface area contributed by atoms with E-state index in [1.807, 2.05) is 11.7 Å². The molecular weight excluding hydrogens is 156 g/mol. The lowest BCUT2D eigenvalue weighted by molar-refractivity contribution is 0.598. The Balaban J connectivity index is 2.23. The van der Waals surface area contributed by atoms with Gasteiger partial charge in [0.25, 0.3) is 0 Å². The van der Waals surface area contributed by atoms with Crippen molar-refractivity contribution in [3.8, 4) is 0 Å². The minimum Gasteiger partial charge on any atom is -0.328 e. The van der Waals surface area contributed by atoms with Crippen LogP contribution in [0.15, 0.2) is 11.7 Å². The fourth-order valence-electron chi connectivity index (χ4n) is 0.897. The molecule has 0 bridgehead atoms. The first-order valence-electron chi connectivity index (χ1n) is 3.96. The van der Waals surface area contributed by atoms with Crippen LogP contribution in [-0.4, -0.2) is 11.0 Å². The van der Waals surface area contributed by atoms with Gasteiger partial charge in [0.2, 0.25) is 0 Å². The highest BCUT2D eigenvalue weighted by Crippen LogP contribution is 2.09. The van der Waals surface area contributed by atoms with Gasteiger partial charge in [-0.05, 0) is 19.3 Å². The molecule has 0 fully saturated rings. The predicted molar refractivity (Wildman–Crippen MR) is 48.7 cm³/mol. The quantitative estimate of drug-likeness (QED) is 0.748. The van der Waals surface area contributed by atoms with Gasteiger partial charge in [-0.25, -0.2) is 0 Å². The molecule has 0 radical (unpaired) electrons. The van der Waals surface area contributed by atoms with Gasteiger partial charge in [-0.2, -0.15) is 0 Å². The first kappa shape index (κ1) is 8.68. The van der Waals surface area contributed by atoms with Crippen LogP contribution in [0.25, 0.3) is 0 Å². The first-order chi connectivity index (χ1) is 5.33. The Morgan fingerprint density at radius 2 is 2.55 bits per heavy atom. The van der Waals surface area contributed by atoms with Crippen LogP contribution in [-0.2, 0) is 6.42 Å². The first-order valence-corrected chi connectivity index (χ1v) is 4.84. The van der Waals surface area contributed by atoms with Crippen LogP contribution in [0.4, 0.5) is 0 Å². The Kier molecular flexibility index (Phi) is 3.52. The van der Waals surface area contributed by atoms with Gasteiger partial charge in [-0.15, -0.1) is 11.3 Å². The standard InChI is InChI=1S/C8H14N2S/c1-2-7(9)3-4-8-5-10-6-11-8/h5-7H,2-4,9H2,1H3. The molecule has 1 unspecified atom stereocenters. The molecule has 1 atom stereocenters. The Morgan fingerprint density at radius 1 is 1.73 bits per heavy atom. The molecule has 1 aromatic heterocycles. The van der Waals surface area contributed by atoms with Gasteiger partial charge in [0.1, 0.15) is 0 Å². The van der Waals surface area contributed by atoms with E-state index in [0.717, 1.165) is 19.3 Å². The number of rotatable bonds is 4. The zero-order valence-electron chi connectivity index (χ0n) is 6.79. The SMILES string of the molecule is CCC(N)CCc1cncs1. The third-order valence-electron chi connectivity index (χ3n) is 1.77. The van der Waals surface area contributed by atoms with E-state index in [9.17, 15) is 0 Å². The second-order valence-corrected chi connectivity index (χ2v) is 3.65. The van der Waals surface area contributed by atoms with Crippen LogP contribution in [0.2, 0.25) is 0 Å². The maximum atomic E-state index is 5.77. The topological polar surface area (TPSA) is 38.9 Å². The highest BCUT2D eigenvalue weighted by Gasteiger charge is 2.00. The molecule has 0 aliphatic rings. The van der Waals surface area contributed by atoms with Gasteiger partial charge in [0, 0.05) is 17.1 Å². The van der Waals surface area contributed by atoms with E-state index >= 15 is 0 Å². The summed E-state index contributed by atoms with van der Waals surface area (Å²) in [5, 5.41) is 0. The highest BCUT2D eigenvalue weighted by atomic mass is 32.1. The summed E-state index contributed by atoms with van der Waals surface area (Å²) < 4.78 is 0. The van der Waals surface area contributed by atoms with E-state index in [0.29, 0.717) is 6.04 Å². The molecule has 0 aliphatic carbocycles. The van der Waals surface area contributed by atoms with Crippen molar-refractivity contribution in [2.24, 2.45) is 5.73 Å². The number of aromatic nitrogens is 1. The molecule has 0 amide bonds. The molecule has 11 heavy (non-hydrogen) atoms. The highest BCUT2D eigenvalue weighted by molar-refractivity contribution is 7.09. The van der Waals surface area contributed by atoms with Gasteiger partial charge in [0.15, 0.2) is 0 Å². The van der Waals surface area contributed by atoms with Gasteiger partial charge < -0.3 is 5.73 Å². The van der Waals surface area contributed by atoms with E-state index in [4.69, 9.17) is 5.73 Å². The van der Waals surface area contributed by atoms with Crippen molar-refractivity contribution in [1.82, 2.24) is 4.98 Å². The lowest BCUT2D eigenvalue weighted by atomic mass is 10.1. The fourth-order valence-corrected chi connectivity index (χ4v) is 1.51. The summed E-state index contributed by atoms with van der Waals surface area (Å²) in [6, 6.07) is 0.358. The van der Waals surface area contributed by atoms with E-state index in [1.165, 1.54) is 4.88 Å². The van der Waals surface area contributed by atoms with Gasteiger partial charge in [0.05, 0.1) is 5.51 Å². The number of nitrogens with two attached hydrogens (primary N) is 1. The summed E-state index contributed by atoms with van der Waals surface area (Å²) in [5.41, 5.74) is 7.64. The van der Waals surface area contributed by atoms with E-state index < -0.39 is 0 Å². The maximum absolute atomic E-state index is 5.77. The van der Waals surface area contributed by atoms with Crippen LogP contribution in [0, 0.1) is 0 Å². The molecule has 0 saturated heterocycles. The molecule has 0 spiro atoms. The van der Waals surface area contributed by atoms with Crippen molar-refractivity contribution in [2.45, 2.75) is 32.2 Å². The molecule has 0 aliphatic heterocycles. The van der Waals surface area contributed by atoms with E-state index in [-0.39, 0.29) is 0 Å². The molecule has 1 aromatic rings. The monoisotopic (exact) mass is 170 g/mol. The smallest absolute Gasteiger partial charge is 0.0794 e. The Hall–Kier alpha value is -0.410. The number of thiazole rings is 1. The third kappa shape index (κ3) is 2.99. The zero-order chi connectivity index (χ0) is 8.10. The largest absolute Gasteiger partial charge is 0.328 e. The second kappa shape index (κ2) is 4.46. The Bertz CT molecular complexity index is 184. The summed E-state index contributed by atoms with van der Waals surface area (Å²) in [5.74, 6) is 0. The van der Waals surface area contributed by atoms with Crippen molar-refractivity contribution < 1.29 is 0 Å². The van der Waals surface area contributed by atoms with Crippen LogP contribution in [0.5, 0.6) is 0 Å². The molecule has 3 heteroatoms. The van der Waals surface area contributed by atoms with Crippen molar-refractivity contribution in [1.29, 1.82) is 0 Å². The molecule has 1 heterocycles. The van der Waals surface area contributed by atoms with Crippen LogP contribution in [0.1, 0.15) is 24.6 Å². The molecule has 0 saturated carbocycles. The molecular formula is C8H14N2S. The molecule has 62 valence electrons. The second-order valence-electron chi connectivity index (χ2n) is 2.67. The van der Waals surface area contributed by atoms with E-state index in [2.05, 4.69) is 11.9 Å². The number of nitrogens with zero attached hydrogens (tertiary/aromatic N) is 1. The minimum atomic E-state index is 0.358. The molecule has 2 N–H and O–H groups in total. The Labute approximate surface area is 71.5 Å². The molecule has 0 aromatic carbocycles. The van der Waals surface area contributed by atoms with Crippen LogP contribution >= 0.6 is 11.3 Å². The van der Waals surface area contributed by atoms with Crippen molar-refractivity contribution in [3.05, 3.63) is 16.6 Å². The zero-order valence-corrected chi connectivity index (χ0v) is 7.60. The van der Waals surface area contributed by atoms with Crippen molar-refractivity contribution in [3.63, 3.8) is 0 Å². The summed E-state index contributed by atoms with van der Waals surface area (Å²) in [6.07, 6.45) is 5.16.